The molecule has 1 aliphatic rings. The van der Waals surface area contributed by atoms with Crippen LogP contribution in [0.25, 0.3) is 0 Å². The number of aromatic nitrogens is 3. The van der Waals surface area contributed by atoms with E-state index in [1.165, 1.54) is 28.4 Å². The van der Waals surface area contributed by atoms with Crippen molar-refractivity contribution in [2.75, 3.05) is 12.0 Å². The number of hydrogen-bond acceptors (Lipinski definition) is 6. The molecule has 0 aliphatic carbocycles. The minimum atomic E-state index is -0.705. The second kappa shape index (κ2) is 6.83. The zero-order valence-corrected chi connectivity index (χ0v) is 14.4. The first kappa shape index (κ1) is 16.6. The predicted molar refractivity (Wildman–Crippen MR) is 97.9 cm³/mol. The van der Waals surface area contributed by atoms with Gasteiger partial charge in [0.05, 0.1) is 12.8 Å². The van der Waals surface area contributed by atoms with E-state index in [1.54, 1.807) is 55.6 Å². The summed E-state index contributed by atoms with van der Waals surface area (Å²) < 4.78 is 6.54. The Balaban J connectivity index is 1.77. The number of nitrogens with zero attached hydrogens (tertiary/aromatic N) is 5. The lowest BCUT2D eigenvalue weighted by Crippen LogP contribution is -2.45. The van der Waals surface area contributed by atoms with Crippen molar-refractivity contribution < 1.29 is 14.3 Å². The Morgan fingerprint density at radius 2 is 1.74 bits per heavy atom. The molecule has 0 saturated heterocycles. The van der Waals surface area contributed by atoms with Gasteiger partial charge in [-0.25, -0.2) is 9.58 Å². The van der Waals surface area contributed by atoms with Crippen molar-refractivity contribution in [2.45, 2.75) is 5.92 Å². The highest BCUT2D eigenvalue weighted by atomic mass is 16.5. The molecule has 2 aromatic carbocycles. The highest BCUT2D eigenvalue weighted by molar-refractivity contribution is 6.29. The van der Waals surface area contributed by atoms with Crippen LogP contribution >= 0.6 is 0 Å². The zero-order valence-electron chi connectivity index (χ0n) is 14.4. The fourth-order valence-electron chi connectivity index (χ4n) is 2.97. The number of anilines is 1. The maximum absolute atomic E-state index is 13.2. The van der Waals surface area contributed by atoms with Gasteiger partial charge in [0.2, 0.25) is 5.91 Å². The highest BCUT2D eigenvalue weighted by Crippen LogP contribution is 2.32. The molecule has 0 bridgehead atoms. The second-order valence-electron chi connectivity index (χ2n) is 5.85. The largest absolute Gasteiger partial charge is 0.497 e. The molecule has 2 heterocycles. The van der Waals surface area contributed by atoms with Crippen LogP contribution in [0.3, 0.4) is 0 Å². The number of amides is 2. The summed E-state index contributed by atoms with van der Waals surface area (Å²) in [6.45, 7) is 0. The van der Waals surface area contributed by atoms with E-state index in [1.807, 2.05) is 0 Å². The van der Waals surface area contributed by atoms with Crippen molar-refractivity contribution >= 4 is 23.7 Å². The van der Waals surface area contributed by atoms with Gasteiger partial charge in [0, 0.05) is 11.8 Å². The molecular formula is C19H15N5O3. The minimum Gasteiger partial charge on any atom is -0.497 e. The van der Waals surface area contributed by atoms with Gasteiger partial charge in [0.15, 0.2) is 0 Å². The van der Waals surface area contributed by atoms with Crippen molar-refractivity contribution in [1.82, 2.24) is 14.9 Å². The van der Waals surface area contributed by atoms with Crippen LogP contribution in [-0.2, 0) is 4.79 Å². The number of carbonyl (C=O) groups is 2. The Bertz CT molecular complexity index is 1010. The van der Waals surface area contributed by atoms with Gasteiger partial charge in [-0.05, 0) is 35.9 Å². The molecule has 27 heavy (non-hydrogen) atoms. The van der Waals surface area contributed by atoms with Crippen molar-refractivity contribution in [3.8, 4) is 5.75 Å². The Hall–Kier alpha value is -3.81. The summed E-state index contributed by atoms with van der Waals surface area (Å²) in [6.07, 6.45) is 4.33. The molecule has 8 heteroatoms. The average molecular weight is 361 g/mol. The summed E-state index contributed by atoms with van der Waals surface area (Å²) >= 11 is 0. The van der Waals surface area contributed by atoms with E-state index < -0.39 is 5.92 Å². The molecule has 1 aromatic heterocycles. The van der Waals surface area contributed by atoms with E-state index in [4.69, 9.17) is 4.74 Å². The monoisotopic (exact) mass is 361 g/mol. The first-order valence-corrected chi connectivity index (χ1v) is 8.19. The van der Waals surface area contributed by atoms with Gasteiger partial charge in [-0.3, -0.25) is 9.59 Å². The predicted octanol–water partition coefficient (Wildman–Crippen LogP) is 2.09. The number of carbonyl (C=O) groups excluding carboxylic acids is 2. The van der Waals surface area contributed by atoms with Gasteiger partial charge < -0.3 is 4.74 Å². The number of benzene rings is 2. The van der Waals surface area contributed by atoms with Gasteiger partial charge in [0.1, 0.15) is 24.3 Å². The van der Waals surface area contributed by atoms with Crippen LogP contribution in [0.4, 0.5) is 5.69 Å². The number of rotatable bonds is 4. The van der Waals surface area contributed by atoms with E-state index >= 15 is 0 Å². The number of hydrogen-bond donors (Lipinski definition) is 0. The lowest BCUT2D eigenvalue weighted by Gasteiger charge is -2.30. The van der Waals surface area contributed by atoms with Crippen LogP contribution in [-0.4, -0.2) is 40.0 Å². The van der Waals surface area contributed by atoms with Gasteiger partial charge >= 0.3 is 0 Å². The van der Waals surface area contributed by atoms with E-state index in [0.29, 0.717) is 22.6 Å². The molecule has 1 unspecified atom stereocenters. The third-order valence-electron chi connectivity index (χ3n) is 4.30. The number of fused-ring (bicyclic) bond motifs is 1. The maximum atomic E-state index is 13.2. The summed E-state index contributed by atoms with van der Waals surface area (Å²) in [4.78, 5) is 27.3. The topological polar surface area (TPSA) is 89.7 Å². The Labute approximate surface area is 154 Å². The molecule has 0 fully saturated rings. The van der Waals surface area contributed by atoms with E-state index in [2.05, 4.69) is 15.3 Å². The summed E-state index contributed by atoms with van der Waals surface area (Å²) in [5, 5.41) is 11.6. The Morgan fingerprint density at radius 3 is 2.44 bits per heavy atom. The first-order valence-electron chi connectivity index (χ1n) is 8.19. The number of imide groups is 1. The van der Waals surface area contributed by atoms with Crippen LogP contribution in [0.1, 0.15) is 21.8 Å². The van der Waals surface area contributed by atoms with E-state index in [9.17, 15) is 9.59 Å². The number of ether oxygens (including phenoxy) is 1. The molecule has 0 N–H and O–H groups in total. The summed E-state index contributed by atoms with van der Waals surface area (Å²) in [6, 6.07) is 13.8. The molecule has 4 rings (SSSR count). The fourth-order valence-corrected chi connectivity index (χ4v) is 2.97. The SMILES string of the molecule is COc1ccc(N2C(=O)c3ccccc3C(C=Nn3cnnc3)C2=O)cc1. The molecular weight excluding hydrogens is 346 g/mol. The standard InChI is InChI=1S/C19H15N5O3/c1-27-14-8-6-13(7-9-14)24-18(25)16-5-3-2-4-15(16)17(19(24)26)10-22-23-11-20-21-12-23/h2-12,17H,1H3. The van der Waals surface area contributed by atoms with Crippen LogP contribution < -0.4 is 9.64 Å². The van der Waals surface area contributed by atoms with E-state index in [-0.39, 0.29) is 11.8 Å². The van der Waals surface area contributed by atoms with E-state index in [0.717, 1.165) is 0 Å². The molecule has 3 aromatic rings. The van der Waals surface area contributed by atoms with Crippen LogP contribution in [0.15, 0.2) is 66.3 Å². The molecule has 0 spiro atoms. The normalized spacial score (nSPS) is 16.6. The minimum absolute atomic E-state index is 0.366. The summed E-state index contributed by atoms with van der Waals surface area (Å²) in [5.41, 5.74) is 1.56. The third-order valence-corrected chi connectivity index (χ3v) is 4.30. The van der Waals surface area contributed by atoms with Gasteiger partial charge in [0.25, 0.3) is 5.91 Å². The molecule has 0 radical (unpaired) electrons. The second-order valence-corrected chi connectivity index (χ2v) is 5.85. The zero-order chi connectivity index (χ0) is 18.8. The Kier molecular flexibility index (Phi) is 4.21. The average Bonchev–Trinajstić information content (AvgIpc) is 3.22. The van der Waals surface area contributed by atoms with Gasteiger partial charge in [-0.2, -0.15) is 5.10 Å². The first-order chi connectivity index (χ1) is 13.2. The van der Waals surface area contributed by atoms with Crippen molar-refractivity contribution in [2.24, 2.45) is 5.10 Å². The summed E-state index contributed by atoms with van der Waals surface area (Å²) in [7, 11) is 1.56. The Morgan fingerprint density at radius 1 is 1.04 bits per heavy atom. The van der Waals surface area contributed by atoms with Gasteiger partial charge in [-0.15, -0.1) is 10.2 Å². The maximum Gasteiger partial charge on any atom is 0.265 e. The third kappa shape index (κ3) is 2.97. The van der Waals surface area contributed by atoms with Gasteiger partial charge in [-0.1, -0.05) is 18.2 Å². The lowest BCUT2D eigenvalue weighted by atomic mass is 9.89. The molecule has 8 nitrogen and oxygen atoms in total. The summed E-state index contributed by atoms with van der Waals surface area (Å²) in [5.74, 6) is -0.805. The molecule has 1 aliphatic heterocycles. The highest BCUT2D eigenvalue weighted by Gasteiger charge is 2.38. The van der Waals surface area contributed by atoms with Crippen LogP contribution in [0, 0.1) is 0 Å². The van der Waals surface area contributed by atoms with Crippen LogP contribution in [0.5, 0.6) is 5.75 Å². The molecule has 0 saturated carbocycles. The quantitative estimate of drug-likeness (QED) is 0.524. The molecule has 2 amide bonds. The van der Waals surface area contributed by atoms with Crippen molar-refractivity contribution in [3.63, 3.8) is 0 Å². The van der Waals surface area contributed by atoms with Crippen LogP contribution in [0.2, 0.25) is 0 Å². The fraction of sp³-hybridized carbons (Fsp3) is 0.105. The van der Waals surface area contributed by atoms with Crippen molar-refractivity contribution in [1.29, 1.82) is 0 Å². The van der Waals surface area contributed by atoms with Crippen molar-refractivity contribution in [3.05, 3.63) is 72.3 Å². The smallest absolute Gasteiger partial charge is 0.265 e. The molecule has 134 valence electrons. The molecule has 1 atom stereocenters. The lowest BCUT2D eigenvalue weighted by molar-refractivity contribution is -0.118. The number of methoxy groups -OCH3 is 1.